The van der Waals surface area contributed by atoms with E-state index in [-0.39, 0.29) is 17.7 Å². The van der Waals surface area contributed by atoms with E-state index in [1.54, 1.807) is 0 Å². The first-order valence-corrected chi connectivity index (χ1v) is 6.28. The van der Waals surface area contributed by atoms with Crippen LogP contribution < -0.4 is 5.32 Å². The number of rotatable bonds is 3. The van der Waals surface area contributed by atoms with Gasteiger partial charge in [0.2, 0.25) is 5.22 Å². The van der Waals surface area contributed by atoms with Crippen LogP contribution in [-0.2, 0) is 6.54 Å². The molecule has 2 aromatic rings. The second-order valence-corrected chi connectivity index (χ2v) is 4.29. The number of hydrogen-bond donors (Lipinski definition) is 2. The van der Waals surface area contributed by atoms with Crippen molar-refractivity contribution >= 4 is 17.5 Å². The van der Waals surface area contributed by atoms with Gasteiger partial charge in [0.1, 0.15) is 6.61 Å². The van der Waals surface area contributed by atoms with Crippen LogP contribution in [-0.4, -0.2) is 17.6 Å². The molecule has 0 aliphatic heterocycles. The van der Waals surface area contributed by atoms with Crippen LogP contribution >= 0.6 is 11.6 Å². The lowest BCUT2D eigenvalue weighted by Gasteiger charge is -2.04. The Bertz CT molecular complexity index is 667. The number of nitrogens with one attached hydrogen (secondary N) is 1. The first kappa shape index (κ1) is 14.2. The SMILES string of the molecule is O=C(NCc1cccc(C#CCO)c1)c1ccoc1Cl. The van der Waals surface area contributed by atoms with Crippen molar-refractivity contribution in [1.29, 1.82) is 0 Å². The molecule has 5 heteroatoms. The lowest BCUT2D eigenvalue weighted by atomic mass is 10.1. The van der Waals surface area contributed by atoms with Gasteiger partial charge in [0, 0.05) is 12.1 Å². The van der Waals surface area contributed by atoms with Crippen molar-refractivity contribution in [3.63, 3.8) is 0 Å². The largest absolute Gasteiger partial charge is 0.452 e. The fraction of sp³-hybridized carbons (Fsp3) is 0.133. The summed E-state index contributed by atoms with van der Waals surface area (Å²) in [7, 11) is 0. The second kappa shape index (κ2) is 6.80. The number of amides is 1. The van der Waals surface area contributed by atoms with Gasteiger partial charge in [-0.05, 0) is 35.4 Å². The molecule has 102 valence electrons. The van der Waals surface area contributed by atoms with E-state index in [1.165, 1.54) is 12.3 Å². The Balaban J connectivity index is 2.01. The highest BCUT2D eigenvalue weighted by molar-refractivity contribution is 6.32. The van der Waals surface area contributed by atoms with Crippen molar-refractivity contribution in [3.05, 3.63) is 58.5 Å². The van der Waals surface area contributed by atoms with Crippen molar-refractivity contribution in [3.8, 4) is 11.8 Å². The van der Waals surface area contributed by atoms with E-state index in [0.29, 0.717) is 12.1 Å². The van der Waals surface area contributed by atoms with Crippen LogP contribution in [0.1, 0.15) is 21.5 Å². The molecule has 0 aliphatic carbocycles. The topological polar surface area (TPSA) is 62.5 Å². The van der Waals surface area contributed by atoms with E-state index >= 15 is 0 Å². The molecule has 0 saturated carbocycles. The molecule has 0 saturated heterocycles. The zero-order valence-electron chi connectivity index (χ0n) is 10.5. The first-order valence-electron chi connectivity index (χ1n) is 5.90. The van der Waals surface area contributed by atoms with Gasteiger partial charge >= 0.3 is 0 Å². The van der Waals surface area contributed by atoms with E-state index < -0.39 is 0 Å². The number of halogens is 1. The highest BCUT2D eigenvalue weighted by Crippen LogP contribution is 2.16. The Morgan fingerprint density at radius 2 is 2.25 bits per heavy atom. The molecule has 1 aromatic carbocycles. The van der Waals surface area contributed by atoms with Gasteiger partial charge in [0.05, 0.1) is 11.8 Å². The number of carbonyl (C=O) groups is 1. The maximum atomic E-state index is 11.8. The minimum atomic E-state index is -0.296. The molecule has 2 N–H and O–H groups in total. The summed E-state index contributed by atoms with van der Waals surface area (Å²) in [4.78, 5) is 11.8. The van der Waals surface area contributed by atoms with Gasteiger partial charge in [-0.1, -0.05) is 24.0 Å². The average Bonchev–Trinajstić information content (AvgIpc) is 2.89. The predicted molar refractivity (Wildman–Crippen MR) is 75.3 cm³/mol. The molecule has 1 amide bonds. The zero-order valence-corrected chi connectivity index (χ0v) is 11.3. The van der Waals surface area contributed by atoms with Gasteiger partial charge in [-0.2, -0.15) is 0 Å². The van der Waals surface area contributed by atoms with Crippen molar-refractivity contribution in [2.45, 2.75) is 6.54 Å². The summed E-state index contributed by atoms with van der Waals surface area (Å²) in [6.45, 7) is 0.176. The Morgan fingerprint density at radius 1 is 1.40 bits per heavy atom. The molecule has 0 aliphatic rings. The van der Waals surface area contributed by atoms with Crippen molar-refractivity contribution in [2.24, 2.45) is 0 Å². The van der Waals surface area contributed by atoms with E-state index in [1.807, 2.05) is 24.3 Å². The van der Waals surface area contributed by atoms with Gasteiger partial charge in [0.15, 0.2) is 0 Å². The van der Waals surface area contributed by atoms with Crippen molar-refractivity contribution < 1.29 is 14.3 Å². The maximum Gasteiger partial charge on any atom is 0.256 e. The second-order valence-electron chi connectivity index (χ2n) is 3.95. The molecule has 20 heavy (non-hydrogen) atoms. The molecular weight excluding hydrogens is 278 g/mol. The van der Waals surface area contributed by atoms with Crippen LogP contribution in [0.5, 0.6) is 0 Å². The van der Waals surface area contributed by atoms with E-state index in [0.717, 1.165) is 11.1 Å². The summed E-state index contributed by atoms with van der Waals surface area (Å²) in [5.74, 6) is 5.09. The Morgan fingerprint density at radius 3 is 2.95 bits per heavy atom. The maximum absolute atomic E-state index is 11.8. The zero-order chi connectivity index (χ0) is 14.4. The number of aliphatic hydroxyl groups excluding tert-OH is 1. The first-order chi connectivity index (χ1) is 9.70. The Labute approximate surface area is 121 Å². The van der Waals surface area contributed by atoms with Crippen molar-refractivity contribution in [2.75, 3.05) is 6.61 Å². The molecule has 0 unspecified atom stereocenters. The van der Waals surface area contributed by atoms with Crippen LogP contribution in [0.4, 0.5) is 0 Å². The summed E-state index contributed by atoms with van der Waals surface area (Å²) in [6.07, 6.45) is 1.36. The van der Waals surface area contributed by atoms with E-state index in [9.17, 15) is 4.79 Å². The summed E-state index contributed by atoms with van der Waals surface area (Å²) >= 11 is 5.73. The molecule has 1 aromatic heterocycles. The van der Waals surface area contributed by atoms with Gasteiger partial charge in [0.25, 0.3) is 5.91 Å². The van der Waals surface area contributed by atoms with E-state index in [4.69, 9.17) is 21.1 Å². The number of aliphatic hydroxyl groups is 1. The van der Waals surface area contributed by atoms with Crippen LogP contribution in [0.15, 0.2) is 41.0 Å². The van der Waals surface area contributed by atoms with Crippen LogP contribution in [0, 0.1) is 11.8 Å². The standard InChI is InChI=1S/C15H12ClNO3/c16-14-13(6-8-20-14)15(19)17-10-12-4-1-3-11(9-12)5-2-7-18/h1,3-4,6,8-9,18H,7,10H2,(H,17,19). The highest BCUT2D eigenvalue weighted by Gasteiger charge is 2.12. The summed E-state index contributed by atoms with van der Waals surface area (Å²) in [6, 6.07) is 8.91. The van der Waals surface area contributed by atoms with Gasteiger partial charge in [-0.15, -0.1) is 0 Å². The fourth-order valence-corrected chi connectivity index (χ4v) is 1.83. The lowest BCUT2D eigenvalue weighted by molar-refractivity contribution is 0.0950. The molecule has 2 rings (SSSR count). The fourth-order valence-electron chi connectivity index (χ4n) is 1.63. The molecule has 0 fully saturated rings. The molecular formula is C15H12ClNO3. The third kappa shape index (κ3) is 3.64. The van der Waals surface area contributed by atoms with Gasteiger partial charge in [-0.25, -0.2) is 0 Å². The number of benzene rings is 1. The summed E-state index contributed by atoms with van der Waals surface area (Å²) in [5.41, 5.74) is 2.00. The van der Waals surface area contributed by atoms with E-state index in [2.05, 4.69) is 17.2 Å². The molecule has 0 radical (unpaired) electrons. The lowest BCUT2D eigenvalue weighted by Crippen LogP contribution is -2.22. The molecule has 1 heterocycles. The Hall–Kier alpha value is -2.22. The third-order valence-corrected chi connectivity index (χ3v) is 2.85. The molecule has 0 atom stereocenters. The average molecular weight is 290 g/mol. The Kier molecular flexibility index (Phi) is 4.83. The number of carbonyl (C=O) groups excluding carboxylic acids is 1. The monoisotopic (exact) mass is 289 g/mol. The quantitative estimate of drug-likeness (QED) is 0.852. The summed E-state index contributed by atoms with van der Waals surface area (Å²) < 4.78 is 4.86. The minimum absolute atomic E-state index is 0.0741. The van der Waals surface area contributed by atoms with Crippen LogP contribution in [0.25, 0.3) is 0 Å². The van der Waals surface area contributed by atoms with Crippen LogP contribution in [0.3, 0.4) is 0 Å². The van der Waals surface area contributed by atoms with Gasteiger partial charge < -0.3 is 14.8 Å². The number of hydrogen-bond acceptors (Lipinski definition) is 3. The molecule has 4 nitrogen and oxygen atoms in total. The highest BCUT2D eigenvalue weighted by atomic mass is 35.5. The third-order valence-electron chi connectivity index (χ3n) is 2.55. The minimum Gasteiger partial charge on any atom is -0.452 e. The normalized spacial score (nSPS) is 9.70. The summed E-state index contributed by atoms with van der Waals surface area (Å²) in [5, 5.41) is 11.5. The van der Waals surface area contributed by atoms with Gasteiger partial charge in [-0.3, -0.25) is 4.79 Å². The van der Waals surface area contributed by atoms with Crippen LogP contribution in [0.2, 0.25) is 5.22 Å². The predicted octanol–water partition coefficient (Wildman–Crippen LogP) is 2.21. The molecule has 0 bridgehead atoms. The number of furan rings is 1. The smallest absolute Gasteiger partial charge is 0.256 e. The molecule has 0 spiro atoms. The van der Waals surface area contributed by atoms with Crippen molar-refractivity contribution in [1.82, 2.24) is 5.32 Å².